The molecule has 1 aliphatic carbocycles. The van der Waals surface area contributed by atoms with E-state index in [0.29, 0.717) is 18.3 Å². The molecule has 0 N–H and O–H groups in total. The van der Waals surface area contributed by atoms with Crippen molar-refractivity contribution in [2.45, 2.75) is 57.8 Å². The van der Waals surface area contributed by atoms with E-state index in [1.807, 2.05) is 37.3 Å². The standard InChI is InChI=1S/C21H25N3O3/c1-15-14-19(26-23-15)8-5-13-25-18-11-9-16(10-12-18)20-22-21(27-24-20)17-6-3-2-4-7-17/h9-12,14,17H,2-8,13H2,1H3. The lowest BCUT2D eigenvalue weighted by atomic mass is 9.89. The van der Waals surface area contributed by atoms with Gasteiger partial charge in [-0.25, -0.2) is 0 Å². The summed E-state index contributed by atoms with van der Waals surface area (Å²) in [6.07, 6.45) is 7.84. The molecule has 2 aromatic heterocycles. The van der Waals surface area contributed by atoms with Crippen LogP contribution in [0.3, 0.4) is 0 Å². The third-order valence-electron chi connectivity index (χ3n) is 5.02. The van der Waals surface area contributed by atoms with Crippen molar-refractivity contribution in [2.75, 3.05) is 6.61 Å². The van der Waals surface area contributed by atoms with E-state index >= 15 is 0 Å². The van der Waals surface area contributed by atoms with E-state index < -0.39 is 0 Å². The summed E-state index contributed by atoms with van der Waals surface area (Å²) in [7, 11) is 0. The zero-order valence-corrected chi connectivity index (χ0v) is 15.7. The molecule has 0 saturated heterocycles. The summed E-state index contributed by atoms with van der Waals surface area (Å²) < 4.78 is 16.5. The highest BCUT2D eigenvalue weighted by Crippen LogP contribution is 2.32. The first-order chi connectivity index (χ1) is 13.3. The predicted octanol–water partition coefficient (Wildman–Crippen LogP) is 5.09. The van der Waals surface area contributed by atoms with E-state index in [-0.39, 0.29) is 0 Å². The number of ether oxygens (including phenoxy) is 1. The highest BCUT2D eigenvalue weighted by Gasteiger charge is 2.21. The molecular weight excluding hydrogens is 342 g/mol. The van der Waals surface area contributed by atoms with E-state index in [0.717, 1.165) is 54.3 Å². The first-order valence-corrected chi connectivity index (χ1v) is 9.77. The van der Waals surface area contributed by atoms with Crippen LogP contribution in [0.2, 0.25) is 0 Å². The fourth-order valence-electron chi connectivity index (χ4n) is 3.54. The van der Waals surface area contributed by atoms with E-state index in [9.17, 15) is 0 Å². The summed E-state index contributed by atoms with van der Waals surface area (Å²) in [6, 6.07) is 9.81. The smallest absolute Gasteiger partial charge is 0.230 e. The average Bonchev–Trinajstić information content (AvgIpc) is 3.36. The maximum Gasteiger partial charge on any atom is 0.230 e. The van der Waals surface area contributed by atoms with Crippen LogP contribution in [0.1, 0.15) is 61.8 Å². The van der Waals surface area contributed by atoms with Gasteiger partial charge in [0.15, 0.2) is 0 Å². The number of benzene rings is 1. The van der Waals surface area contributed by atoms with Gasteiger partial charge in [-0.05, 0) is 50.5 Å². The van der Waals surface area contributed by atoms with Crippen LogP contribution in [-0.4, -0.2) is 21.9 Å². The maximum absolute atomic E-state index is 5.80. The molecule has 0 radical (unpaired) electrons. The number of nitrogens with zero attached hydrogens (tertiary/aromatic N) is 3. The fraction of sp³-hybridized carbons (Fsp3) is 0.476. The van der Waals surface area contributed by atoms with Crippen LogP contribution in [0.4, 0.5) is 0 Å². The van der Waals surface area contributed by atoms with Crippen LogP contribution in [0.25, 0.3) is 11.4 Å². The first kappa shape index (κ1) is 17.8. The lowest BCUT2D eigenvalue weighted by Crippen LogP contribution is -2.04. The van der Waals surface area contributed by atoms with E-state index in [4.69, 9.17) is 13.8 Å². The molecule has 27 heavy (non-hydrogen) atoms. The third-order valence-corrected chi connectivity index (χ3v) is 5.02. The summed E-state index contributed by atoms with van der Waals surface area (Å²) in [5.74, 6) is 3.60. The summed E-state index contributed by atoms with van der Waals surface area (Å²) in [5.41, 5.74) is 1.86. The number of aromatic nitrogens is 3. The van der Waals surface area contributed by atoms with Gasteiger partial charge in [-0.3, -0.25) is 0 Å². The molecule has 0 spiro atoms. The summed E-state index contributed by atoms with van der Waals surface area (Å²) in [5, 5.41) is 8.05. The average molecular weight is 367 g/mol. The molecule has 0 atom stereocenters. The van der Waals surface area contributed by atoms with Gasteiger partial charge in [0.1, 0.15) is 11.5 Å². The molecule has 1 aromatic carbocycles. The maximum atomic E-state index is 5.80. The zero-order valence-electron chi connectivity index (χ0n) is 15.7. The minimum atomic E-state index is 0.427. The number of hydrogen-bond donors (Lipinski definition) is 0. The van der Waals surface area contributed by atoms with Gasteiger partial charge in [0.05, 0.1) is 12.3 Å². The molecule has 4 rings (SSSR count). The van der Waals surface area contributed by atoms with E-state index in [2.05, 4.69) is 15.3 Å². The van der Waals surface area contributed by atoms with Gasteiger partial charge in [-0.1, -0.05) is 29.6 Å². The highest BCUT2D eigenvalue weighted by atomic mass is 16.5. The van der Waals surface area contributed by atoms with Crippen molar-refractivity contribution in [1.29, 1.82) is 0 Å². The van der Waals surface area contributed by atoms with Crippen LogP contribution in [0.15, 0.2) is 39.4 Å². The SMILES string of the molecule is Cc1cc(CCCOc2ccc(-c3noc(C4CCCCC4)n3)cc2)on1. The van der Waals surface area contributed by atoms with Gasteiger partial charge < -0.3 is 13.8 Å². The molecular formula is C21H25N3O3. The molecule has 0 bridgehead atoms. The lowest BCUT2D eigenvalue weighted by Gasteiger charge is -2.17. The molecule has 2 heterocycles. The summed E-state index contributed by atoms with van der Waals surface area (Å²) in [6.45, 7) is 2.56. The van der Waals surface area contributed by atoms with Gasteiger partial charge in [-0.2, -0.15) is 4.98 Å². The molecule has 0 amide bonds. The predicted molar refractivity (Wildman–Crippen MR) is 101 cm³/mol. The largest absolute Gasteiger partial charge is 0.494 e. The second-order valence-electron chi connectivity index (χ2n) is 7.20. The normalized spacial score (nSPS) is 15.1. The van der Waals surface area contributed by atoms with Crippen molar-refractivity contribution in [3.8, 4) is 17.1 Å². The Bertz CT molecular complexity index is 848. The van der Waals surface area contributed by atoms with Crippen molar-refractivity contribution in [3.05, 3.63) is 47.7 Å². The summed E-state index contributed by atoms with van der Waals surface area (Å²) >= 11 is 0. The number of rotatable bonds is 7. The van der Waals surface area contributed by atoms with Crippen LogP contribution in [0, 0.1) is 6.92 Å². The van der Waals surface area contributed by atoms with Crippen molar-refractivity contribution < 1.29 is 13.8 Å². The van der Waals surface area contributed by atoms with Gasteiger partial charge >= 0.3 is 0 Å². The molecule has 3 aromatic rings. The Labute approximate surface area is 158 Å². The van der Waals surface area contributed by atoms with Gasteiger partial charge in [-0.15, -0.1) is 0 Å². The number of aryl methyl sites for hydroxylation is 2. The molecule has 6 nitrogen and oxygen atoms in total. The monoisotopic (exact) mass is 367 g/mol. The van der Waals surface area contributed by atoms with Crippen molar-refractivity contribution >= 4 is 0 Å². The summed E-state index contributed by atoms with van der Waals surface area (Å²) in [4.78, 5) is 4.61. The molecule has 142 valence electrons. The molecule has 1 saturated carbocycles. The Morgan fingerprint density at radius 1 is 1.04 bits per heavy atom. The Kier molecular flexibility index (Phi) is 5.51. The number of hydrogen-bond acceptors (Lipinski definition) is 6. The molecule has 1 fully saturated rings. The molecule has 6 heteroatoms. The van der Waals surface area contributed by atoms with Crippen LogP contribution in [-0.2, 0) is 6.42 Å². The second kappa shape index (κ2) is 8.37. The Morgan fingerprint density at radius 2 is 1.85 bits per heavy atom. The van der Waals surface area contributed by atoms with E-state index in [1.165, 1.54) is 19.3 Å². The Balaban J connectivity index is 1.29. The quantitative estimate of drug-likeness (QED) is 0.541. The van der Waals surface area contributed by atoms with Gasteiger partial charge in [0, 0.05) is 24.0 Å². The first-order valence-electron chi connectivity index (χ1n) is 9.77. The van der Waals surface area contributed by atoms with Crippen LogP contribution < -0.4 is 4.74 Å². The van der Waals surface area contributed by atoms with Crippen LogP contribution in [0.5, 0.6) is 5.75 Å². The van der Waals surface area contributed by atoms with Gasteiger partial charge in [0.25, 0.3) is 0 Å². The Morgan fingerprint density at radius 3 is 2.59 bits per heavy atom. The minimum absolute atomic E-state index is 0.427. The third kappa shape index (κ3) is 4.56. The van der Waals surface area contributed by atoms with Crippen LogP contribution >= 0.6 is 0 Å². The second-order valence-corrected chi connectivity index (χ2v) is 7.20. The van der Waals surface area contributed by atoms with Crippen molar-refractivity contribution in [1.82, 2.24) is 15.3 Å². The van der Waals surface area contributed by atoms with Gasteiger partial charge in [0.2, 0.25) is 11.7 Å². The highest BCUT2D eigenvalue weighted by molar-refractivity contribution is 5.55. The minimum Gasteiger partial charge on any atom is -0.494 e. The molecule has 0 unspecified atom stereocenters. The fourth-order valence-corrected chi connectivity index (χ4v) is 3.54. The zero-order chi connectivity index (χ0) is 18.5. The molecule has 1 aliphatic rings. The van der Waals surface area contributed by atoms with Crippen molar-refractivity contribution in [3.63, 3.8) is 0 Å². The lowest BCUT2D eigenvalue weighted by molar-refractivity contribution is 0.300. The Hall–Kier alpha value is -2.63. The molecule has 0 aliphatic heterocycles. The van der Waals surface area contributed by atoms with E-state index in [1.54, 1.807) is 0 Å². The topological polar surface area (TPSA) is 74.2 Å². The van der Waals surface area contributed by atoms with Crippen molar-refractivity contribution in [2.24, 2.45) is 0 Å².